The minimum atomic E-state index is 0.0455. The number of methoxy groups -OCH3 is 2. The first-order valence-electron chi connectivity index (χ1n) is 5.75. The van der Waals surface area contributed by atoms with Crippen LogP contribution < -0.4 is 15.4 Å². The Morgan fingerprint density at radius 1 is 1.44 bits per heavy atom. The molecule has 0 amide bonds. The smallest absolute Gasteiger partial charge is 0.124 e. The molecule has 0 bridgehead atoms. The zero-order chi connectivity index (χ0) is 13.7. The van der Waals surface area contributed by atoms with Crippen LogP contribution in [0.5, 0.6) is 5.75 Å². The summed E-state index contributed by atoms with van der Waals surface area (Å²) in [6.07, 6.45) is 0. The van der Waals surface area contributed by atoms with Crippen molar-refractivity contribution < 1.29 is 9.47 Å². The molecular weight excluding hydrogens is 230 g/mol. The van der Waals surface area contributed by atoms with Crippen molar-refractivity contribution in [2.75, 3.05) is 32.8 Å². The van der Waals surface area contributed by atoms with Crippen molar-refractivity contribution >= 4 is 11.5 Å². The molecule has 0 aromatic heterocycles. The van der Waals surface area contributed by atoms with E-state index in [1.807, 2.05) is 24.9 Å². The monoisotopic (exact) mass is 251 g/mol. The fourth-order valence-electron chi connectivity index (χ4n) is 1.75. The summed E-state index contributed by atoms with van der Waals surface area (Å²) in [6.45, 7) is 2.65. The highest BCUT2D eigenvalue weighted by Gasteiger charge is 2.16. The Kier molecular flexibility index (Phi) is 4.97. The lowest BCUT2D eigenvalue weighted by Gasteiger charge is -2.28. The molecule has 0 aliphatic rings. The zero-order valence-corrected chi connectivity index (χ0v) is 11.4. The topological polar surface area (TPSA) is 71.6 Å². The number of hydrogen-bond donors (Lipinski definition) is 2. The first kappa shape index (κ1) is 14.3. The lowest BCUT2D eigenvalue weighted by molar-refractivity contribution is 0.183. The summed E-state index contributed by atoms with van der Waals surface area (Å²) < 4.78 is 10.4. The molecule has 1 aromatic rings. The van der Waals surface area contributed by atoms with Gasteiger partial charge in [0, 0.05) is 31.8 Å². The van der Waals surface area contributed by atoms with Gasteiger partial charge < -0.3 is 20.1 Å². The molecule has 3 N–H and O–H groups in total. The van der Waals surface area contributed by atoms with Gasteiger partial charge in [0.15, 0.2) is 0 Å². The summed E-state index contributed by atoms with van der Waals surface area (Å²) in [5.41, 5.74) is 7.17. The van der Waals surface area contributed by atoms with Gasteiger partial charge in [-0.25, -0.2) is 0 Å². The minimum Gasteiger partial charge on any atom is -0.497 e. The Morgan fingerprint density at radius 3 is 2.61 bits per heavy atom. The predicted octanol–water partition coefficient (Wildman–Crippen LogP) is 1.45. The number of nitrogen functional groups attached to an aromatic ring is 1. The van der Waals surface area contributed by atoms with E-state index in [0.717, 1.165) is 11.4 Å². The molecule has 1 rings (SSSR count). The summed E-state index contributed by atoms with van der Waals surface area (Å²) in [6, 6.07) is 5.66. The Hall–Kier alpha value is -1.75. The Bertz CT molecular complexity index is 421. The highest BCUT2D eigenvalue weighted by Crippen LogP contribution is 2.26. The van der Waals surface area contributed by atoms with Gasteiger partial charge in [-0.15, -0.1) is 0 Å². The van der Waals surface area contributed by atoms with Gasteiger partial charge in [0.1, 0.15) is 11.6 Å². The molecule has 0 aliphatic heterocycles. The zero-order valence-electron chi connectivity index (χ0n) is 11.4. The van der Waals surface area contributed by atoms with Gasteiger partial charge in [-0.3, -0.25) is 5.41 Å². The predicted molar refractivity (Wildman–Crippen MR) is 73.8 cm³/mol. The van der Waals surface area contributed by atoms with Crippen molar-refractivity contribution in [1.82, 2.24) is 0 Å². The molecule has 0 heterocycles. The minimum absolute atomic E-state index is 0.0455. The molecule has 1 aromatic carbocycles. The maximum absolute atomic E-state index is 7.62. The summed E-state index contributed by atoms with van der Waals surface area (Å²) >= 11 is 0. The van der Waals surface area contributed by atoms with Crippen LogP contribution in [0.25, 0.3) is 0 Å². The van der Waals surface area contributed by atoms with Gasteiger partial charge in [-0.1, -0.05) is 0 Å². The van der Waals surface area contributed by atoms with Crippen LogP contribution in [-0.4, -0.2) is 39.8 Å². The molecule has 0 saturated carbocycles. The maximum atomic E-state index is 7.62. The van der Waals surface area contributed by atoms with Gasteiger partial charge >= 0.3 is 0 Å². The van der Waals surface area contributed by atoms with Gasteiger partial charge in [0.2, 0.25) is 0 Å². The molecule has 18 heavy (non-hydrogen) atoms. The number of nitrogens with two attached hydrogens (primary N) is 1. The van der Waals surface area contributed by atoms with Crippen molar-refractivity contribution in [3.63, 3.8) is 0 Å². The third kappa shape index (κ3) is 3.13. The van der Waals surface area contributed by atoms with Crippen LogP contribution in [-0.2, 0) is 4.74 Å². The number of nitrogens with one attached hydrogen (secondary N) is 1. The van der Waals surface area contributed by atoms with Crippen molar-refractivity contribution in [3.8, 4) is 5.75 Å². The number of rotatable bonds is 6. The number of anilines is 1. The quantitative estimate of drug-likeness (QED) is 0.593. The van der Waals surface area contributed by atoms with Gasteiger partial charge in [0.25, 0.3) is 0 Å². The average molecular weight is 251 g/mol. The summed E-state index contributed by atoms with van der Waals surface area (Å²) in [5.74, 6) is 0.788. The Balaban J connectivity index is 3.14. The van der Waals surface area contributed by atoms with Crippen molar-refractivity contribution in [3.05, 3.63) is 23.8 Å². The van der Waals surface area contributed by atoms with Crippen molar-refractivity contribution in [2.45, 2.75) is 13.0 Å². The van der Waals surface area contributed by atoms with Crippen LogP contribution in [0.15, 0.2) is 18.2 Å². The van der Waals surface area contributed by atoms with Gasteiger partial charge in [-0.2, -0.15) is 0 Å². The number of likely N-dealkylation sites (N-methyl/N-ethyl adjacent to an activating group) is 1. The van der Waals surface area contributed by atoms with Crippen molar-refractivity contribution in [2.24, 2.45) is 5.73 Å². The normalized spacial score (nSPS) is 12.0. The molecule has 0 spiro atoms. The van der Waals surface area contributed by atoms with E-state index in [9.17, 15) is 0 Å². The summed E-state index contributed by atoms with van der Waals surface area (Å²) in [4.78, 5) is 2.03. The number of amidine groups is 1. The molecular formula is C13H21N3O2. The van der Waals surface area contributed by atoms with Crippen LogP contribution in [0, 0.1) is 5.41 Å². The molecule has 0 saturated heterocycles. The molecule has 5 nitrogen and oxygen atoms in total. The second kappa shape index (κ2) is 6.26. The van der Waals surface area contributed by atoms with E-state index in [-0.39, 0.29) is 11.9 Å². The van der Waals surface area contributed by atoms with E-state index in [0.29, 0.717) is 12.2 Å². The van der Waals surface area contributed by atoms with E-state index in [1.165, 1.54) is 0 Å². The van der Waals surface area contributed by atoms with Crippen LogP contribution >= 0.6 is 0 Å². The molecule has 0 fully saturated rings. The molecule has 1 atom stereocenters. The van der Waals surface area contributed by atoms with Crippen LogP contribution in [0.1, 0.15) is 12.5 Å². The fraction of sp³-hybridized carbons (Fsp3) is 0.462. The van der Waals surface area contributed by atoms with Crippen LogP contribution in [0.2, 0.25) is 0 Å². The highest BCUT2D eigenvalue weighted by atomic mass is 16.5. The molecule has 1 unspecified atom stereocenters. The Labute approximate surface area is 108 Å². The lowest BCUT2D eigenvalue weighted by atomic mass is 10.1. The highest BCUT2D eigenvalue weighted by molar-refractivity contribution is 6.00. The Morgan fingerprint density at radius 2 is 2.11 bits per heavy atom. The van der Waals surface area contributed by atoms with E-state index in [4.69, 9.17) is 20.6 Å². The first-order chi connectivity index (χ1) is 8.51. The first-order valence-corrected chi connectivity index (χ1v) is 5.75. The summed E-state index contributed by atoms with van der Waals surface area (Å²) in [7, 11) is 5.23. The fourth-order valence-corrected chi connectivity index (χ4v) is 1.75. The third-order valence-electron chi connectivity index (χ3n) is 2.94. The van der Waals surface area contributed by atoms with Gasteiger partial charge in [0.05, 0.1) is 19.4 Å². The van der Waals surface area contributed by atoms with E-state index < -0.39 is 0 Å². The van der Waals surface area contributed by atoms with Gasteiger partial charge in [-0.05, 0) is 19.1 Å². The number of ether oxygens (including phenoxy) is 2. The van der Waals surface area contributed by atoms with E-state index in [2.05, 4.69) is 0 Å². The van der Waals surface area contributed by atoms with Crippen LogP contribution in [0.3, 0.4) is 0 Å². The number of hydrogen-bond acceptors (Lipinski definition) is 4. The van der Waals surface area contributed by atoms with E-state index >= 15 is 0 Å². The average Bonchev–Trinajstić information content (AvgIpc) is 2.37. The second-order valence-corrected chi connectivity index (χ2v) is 4.21. The summed E-state index contributed by atoms with van der Waals surface area (Å²) in [5, 5.41) is 7.62. The maximum Gasteiger partial charge on any atom is 0.124 e. The van der Waals surface area contributed by atoms with Crippen LogP contribution in [0.4, 0.5) is 5.69 Å². The largest absolute Gasteiger partial charge is 0.497 e. The number of nitrogens with zero attached hydrogens (tertiary/aromatic N) is 1. The third-order valence-corrected chi connectivity index (χ3v) is 2.94. The molecule has 100 valence electrons. The SMILES string of the molecule is COCC(C)N(C)c1cc(OC)ccc1C(=N)N. The second-order valence-electron chi connectivity index (χ2n) is 4.21. The molecule has 5 heteroatoms. The van der Waals surface area contributed by atoms with E-state index in [1.54, 1.807) is 26.4 Å². The standard InChI is InChI=1S/C13H21N3O2/c1-9(8-17-3)16(2)12-7-10(18-4)5-6-11(12)13(14)15/h5-7,9H,8H2,1-4H3,(H3,14,15). The van der Waals surface area contributed by atoms with Crippen molar-refractivity contribution in [1.29, 1.82) is 5.41 Å². The lowest BCUT2D eigenvalue weighted by Crippen LogP contribution is -2.34. The molecule has 0 aliphatic carbocycles. The number of benzene rings is 1. The molecule has 0 radical (unpaired) electrons.